The van der Waals surface area contributed by atoms with Gasteiger partial charge in [0.05, 0.1) is 19.3 Å². The van der Waals surface area contributed by atoms with Crippen LogP contribution in [-0.2, 0) is 9.47 Å². The molecule has 0 amide bonds. The molecule has 0 bridgehead atoms. The van der Waals surface area contributed by atoms with Crippen molar-refractivity contribution in [2.45, 2.75) is 45.4 Å². The van der Waals surface area contributed by atoms with Gasteiger partial charge in [-0.1, -0.05) is 6.92 Å². The lowest BCUT2D eigenvalue weighted by Crippen LogP contribution is -2.54. The minimum atomic E-state index is 0.360. The Morgan fingerprint density at radius 1 is 1.53 bits per heavy atom. The second-order valence-corrected chi connectivity index (χ2v) is 4.95. The third-order valence-corrected chi connectivity index (χ3v) is 3.47. The molecule has 4 nitrogen and oxygen atoms in total. The molecule has 4 heteroatoms. The van der Waals surface area contributed by atoms with Gasteiger partial charge in [-0.2, -0.15) is 0 Å². The first-order chi connectivity index (χ1) is 8.19. The van der Waals surface area contributed by atoms with E-state index in [1.165, 1.54) is 0 Å². The summed E-state index contributed by atoms with van der Waals surface area (Å²) in [6, 6.07) is 1.13. The number of hydrogen-bond acceptors (Lipinski definition) is 4. The van der Waals surface area contributed by atoms with Gasteiger partial charge in [-0.3, -0.25) is 4.90 Å². The minimum Gasteiger partial charge on any atom is -0.383 e. The molecule has 1 aliphatic heterocycles. The zero-order valence-electron chi connectivity index (χ0n) is 11.7. The van der Waals surface area contributed by atoms with Crippen LogP contribution in [0.5, 0.6) is 0 Å². The van der Waals surface area contributed by atoms with Gasteiger partial charge in [0.2, 0.25) is 0 Å². The van der Waals surface area contributed by atoms with Crippen molar-refractivity contribution in [1.29, 1.82) is 0 Å². The molecular formula is C13H28N2O2. The molecule has 1 N–H and O–H groups in total. The Kier molecular flexibility index (Phi) is 7.04. The molecule has 1 rings (SSSR count). The first kappa shape index (κ1) is 14.9. The maximum atomic E-state index is 5.72. The van der Waals surface area contributed by atoms with Gasteiger partial charge in [-0.05, 0) is 20.3 Å². The van der Waals surface area contributed by atoms with Gasteiger partial charge < -0.3 is 14.8 Å². The average molecular weight is 244 g/mol. The number of nitrogens with zero attached hydrogens (tertiary/aromatic N) is 1. The van der Waals surface area contributed by atoms with Crippen LogP contribution in [0.2, 0.25) is 0 Å². The van der Waals surface area contributed by atoms with E-state index < -0.39 is 0 Å². The van der Waals surface area contributed by atoms with E-state index in [4.69, 9.17) is 9.47 Å². The normalized spacial score (nSPS) is 28.2. The lowest BCUT2D eigenvalue weighted by molar-refractivity contribution is -0.0695. The van der Waals surface area contributed by atoms with Gasteiger partial charge in [0.25, 0.3) is 0 Å². The molecule has 1 heterocycles. The summed E-state index contributed by atoms with van der Waals surface area (Å²) in [6.07, 6.45) is 1.52. The van der Waals surface area contributed by atoms with Crippen LogP contribution in [0.3, 0.4) is 0 Å². The lowest BCUT2D eigenvalue weighted by atomic mass is 10.1. The molecule has 1 aliphatic rings. The molecule has 17 heavy (non-hydrogen) atoms. The summed E-state index contributed by atoms with van der Waals surface area (Å²) in [5, 5.41) is 3.44. The molecule has 102 valence electrons. The summed E-state index contributed by atoms with van der Waals surface area (Å²) >= 11 is 0. The van der Waals surface area contributed by atoms with Crippen LogP contribution in [-0.4, -0.2) is 63.0 Å². The van der Waals surface area contributed by atoms with Gasteiger partial charge in [0.1, 0.15) is 0 Å². The third kappa shape index (κ3) is 4.92. The number of hydrogen-bond donors (Lipinski definition) is 1. The van der Waals surface area contributed by atoms with Crippen molar-refractivity contribution < 1.29 is 9.47 Å². The summed E-state index contributed by atoms with van der Waals surface area (Å²) < 4.78 is 10.8. The molecule has 0 aromatic rings. The van der Waals surface area contributed by atoms with Gasteiger partial charge in [-0.25, -0.2) is 0 Å². The largest absolute Gasteiger partial charge is 0.383 e. The lowest BCUT2D eigenvalue weighted by Gasteiger charge is -2.42. The van der Waals surface area contributed by atoms with E-state index in [1.54, 1.807) is 7.11 Å². The maximum absolute atomic E-state index is 5.72. The van der Waals surface area contributed by atoms with Gasteiger partial charge in [-0.15, -0.1) is 0 Å². The monoisotopic (exact) mass is 244 g/mol. The highest BCUT2D eigenvalue weighted by Gasteiger charge is 2.28. The fourth-order valence-electron chi connectivity index (χ4n) is 2.36. The molecule has 3 unspecified atom stereocenters. The van der Waals surface area contributed by atoms with Gasteiger partial charge >= 0.3 is 0 Å². The molecule has 0 aliphatic carbocycles. The van der Waals surface area contributed by atoms with Crippen LogP contribution >= 0.6 is 0 Å². The Bertz CT molecular complexity index is 202. The van der Waals surface area contributed by atoms with Crippen LogP contribution in [0.4, 0.5) is 0 Å². The Hall–Kier alpha value is -0.160. The average Bonchev–Trinajstić information content (AvgIpc) is 2.34. The zero-order valence-corrected chi connectivity index (χ0v) is 11.7. The third-order valence-electron chi connectivity index (χ3n) is 3.47. The Morgan fingerprint density at radius 3 is 2.94 bits per heavy atom. The number of ether oxygens (including phenoxy) is 2. The molecule has 1 saturated heterocycles. The molecule has 3 atom stereocenters. The fourth-order valence-corrected chi connectivity index (χ4v) is 2.36. The topological polar surface area (TPSA) is 33.7 Å². The Labute approximate surface area is 106 Å². The summed E-state index contributed by atoms with van der Waals surface area (Å²) in [5.74, 6) is 0. The first-order valence-corrected chi connectivity index (χ1v) is 6.76. The van der Waals surface area contributed by atoms with Crippen LogP contribution < -0.4 is 5.32 Å². The second kappa shape index (κ2) is 8.03. The molecule has 0 aromatic heterocycles. The van der Waals surface area contributed by atoms with Crippen LogP contribution in [0, 0.1) is 0 Å². The van der Waals surface area contributed by atoms with Crippen molar-refractivity contribution in [1.82, 2.24) is 10.2 Å². The predicted octanol–water partition coefficient (Wildman–Crippen LogP) is 1.11. The number of rotatable bonds is 7. The van der Waals surface area contributed by atoms with E-state index in [1.807, 2.05) is 0 Å². The summed E-state index contributed by atoms with van der Waals surface area (Å²) in [4.78, 5) is 2.58. The molecule has 0 radical (unpaired) electrons. The van der Waals surface area contributed by atoms with E-state index in [2.05, 4.69) is 31.0 Å². The molecule has 1 fully saturated rings. The van der Waals surface area contributed by atoms with E-state index in [0.717, 1.165) is 39.3 Å². The molecule has 0 saturated carbocycles. The summed E-state index contributed by atoms with van der Waals surface area (Å²) in [6.45, 7) is 11.3. The van der Waals surface area contributed by atoms with Crippen molar-refractivity contribution in [2.24, 2.45) is 0 Å². The van der Waals surface area contributed by atoms with Crippen LogP contribution in [0.1, 0.15) is 27.2 Å². The van der Waals surface area contributed by atoms with Crippen molar-refractivity contribution >= 4 is 0 Å². The van der Waals surface area contributed by atoms with E-state index in [-0.39, 0.29) is 0 Å². The number of nitrogens with one attached hydrogen (secondary N) is 1. The predicted molar refractivity (Wildman–Crippen MR) is 70.4 cm³/mol. The van der Waals surface area contributed by atoms with E-state index >= 15 is 0 Å². The first-order valence-electron chi connectivity index (χ1n) is 6.76. The molecular weight excluding hydrogens is 216 g/mol. The fraction of sp³-hybridized carbons (Fsp3) is 1.00. The van der Waals surface area contributed by atoms with Crippen molar-refractivity contribution in [3.63, 3.8) is 0 Å². The van der Waals surface area contributed by atoms with Crippen molar-refractivity contribution in [3.8, 4) is 0 Å². The SMILES string of the molecule is CCC1COC(C)CN1C(C)CNCCOC. The highest BCUT2D eigenvalue weighted by Crippen LogP contribution is 2.17. The Morgan fingerprint density at radius 2 is 2.29 bits per heavy atom. The summed E-state index contributed by atoms with van der Waals surface area (Å²) in [7, 11) is 1.74. The number of morpholine rings is 1. The minimum absolute atomic E-state index is 0.360. The summed E-state index contributed by atoms with van der Waals surface area (Å²) in [5.41, 5.74) is 0. The quantitative estimate of drug-likeness (QED) is 0.680. The maximum Gasteiger partial charge on any atom is 0.0674 e. The zero-order chi connectivity index (χ0) is 12.7. The highest BCUT2D eigenvalue weighted by atomic mass is 16.5. The smallest absolute Gasteiger partial charge is 0.0674 e. The Balaban J connectivity index is 2.33. The second-order valence-electron chi connectivity index (χ2n) is 4.95. The van der Waals surface area contributed by atoms with E-state index in [0.29, 0.717) is 18.2 Å². The molecule has 0 spiro atoms. The van der Waals surface area contributed by atoms with Crippen LogP contribution in [0.15, 0.2) is 0 Å². The van der Waals surface area contributed by atoms with Crippen LogP contribution in [0.25, 0.3) is 0 Å². The molecule has 0 aromatic carbocycles. The van der Waals surface area contributed by atoms with Gasteiger partial charge in [0.15, 0.2) is 0 Å². The number of methoxy groups -OCH3 is 1. The van der Waals surface area contributed by atoms with Crippen molar-refractivity contribution in [3.05, 3.63) is 0 Å². The van der Waals surface area contributed by atoms with E-state index in [9.17, 15) is 0 Å². The highest BCUT2D eigenvalue weighted by molar-refractivity contribution is 4.82. The standard InChI is InChI=1S/C13H28N2O2/c1-5-13-10-17-12(3)9-15(13)11(2)8-14-6-7-16-4/h11-14H,5-10H2,1-4H3. The van der Waals surface area contributed by atoms with Gasteiger partial charge in [0, 0.05) is 38.8 Å². The van der Waals surface area contributed by atoms with Crippen molar-refractivity contribution in [2.75, 3.05) is 40.0 Å².